The molecule has 0 aliphatic rings. The molecule has 0 aliphatic carbocycles. The fraction of sp³-hybridized carbons (Fsp3) is 0.486. The number of carboxylic acid groups (broad SMARTS) is 1. The van der Waals surface area contributed by atoms with Gasteiger partial charge in [-0.3, -0.25) is 0 Å². The highest BCUT2D eigenvalue weighted by Gasteiger charge is 2.14. The van der Waals surface area contributed by atoms with Crippen LogP contribution in [-0.4, -0.2) is 30.8 Å². The van der Waals surface area contributed by atoms with Gasteiger partial charge in [-0.25, -0.2) is 9.59 Å². The van der Waals surface area contributed by atoms with E-state index in [1.54, 1.807) is 19.3 Å². The van der Waals surface area contributed by atoms with Crippen LogP contribution in [0.3, 0.4) is 0 Å². The van der Waals surface area contributed by atoms with Gasteiger partial charge < -0.3 is 14.6 Å². The Kier molecular flexibility index (Phi) is 19.5. The molecular weight excluding hydrogens is 500 g/mol. The van der Waals surface area contributed by atoms with Crippen LogP contribution in [0.2, 0.25) is 0 Å². The minimum Gasteiger partial charge on any atom is -0.497 e. The lowest BCUT2D eigenvalue weighted by molar-refractivity contribution is -0.137. The van der Waals surface area contributed by atoms with E-state index in [0.717, 1.165) is 42.6 Å². The Morgan fingerprint density at radius 3 is 2.08 bits per heavy atom. The number of carboxylic acids is 1. The van der Waals surface area contributed by atoms with E-state index in [-0.39, 0.29) is 5.97 Å². The van der Waals surface area contributed by atoms with Gasteiger partial charge >= 0.3 is 11.9 Å². The molecule has 5 nitrogen and oxygen atoms in total. The van der Waals surface area contributed by atoms with Crippen LogP contribution in [0.1, 0.15) is 103 Å². The van der Waals surface area contributed by atoms with Gasteiger partial charge in [-0.2, -0.15) is 0 Å². The van der Waals surface area contributed by atoms with Crippen molar-refractivity contribution in [2.75, 3.05) is 13.7 Å². The second-order valence-electron chi connectivity index (χ2n) is 10.0. The summed E-state index contributed by atoms with van der Waals surface area (Å²) in [6.45, 7) is 7.03. The van der Waals surface area contributed by atoms with Crippen molar-refractivity contribution in [1.29, 1.82) is 0 Å². The molecule has 40 heavy (non-hydrogen) atoms. The predicted octanol–water partition coefficient (Wildman–Crippen LogP) is 9.37. The molecule has 0 aliphatic heterocycles. The number of aliphatic carboxylic acids is 1. The van der Waals surface area contributed by atoms with E-state index >= 15 is 0 Å². The van der Waals surface area contributed by atoms with Gasteiger partial charge in [0.25, 0.3) is 0 Å². The third-order valence-corrected chi connectivity index (χ3v) is 6.74. The molecular formula is C35H50O5. The molecule has 220 valence electrons. The van der Waals surface area contributed by atoms with Crippen molar-refractivity contribution in [3.63, 3.8) is 0 Å². The molecule has 5 heteroatoms. The molecule has 0 amide bonds. The fourth-order valence-electron chi connectivity index (χ4n) is 4.20. The lowest BCUT2D eigenvalue weighted by Crippen LogP contribution is -2.08. The number of esters is 1. The number of rotatable bonds is 18. The van der Waals surface area contributed by atoms with E-state index in [1.165, 1.54) is 44.6 Å². The molecule has 0 radical (unpaired) electrons. The Morgan fingerprint density at radius 1 is 0.825 bits per heavy atom. The zero-order valence-electron chi connectivity index (χ0n) is 25.1. The zero-order chi connectivity index (χ0) is 29.4. The maximum Gasteiger partial charge on any atom is 0.331 e. The van der Waals surface area contributed by atoms with Gasteiger partial charge in [0.1, 0.15) is 5.75 Å². The summed E-state index contributed by atoms with van der Waals surface area (Å²) in [6, 6.07) is 17.2. The first kappa shape index (κ1) is 34.7. The lowest BCUT2D eigenvalue weighted by Gasteiger charge is -2.14. The Morgan fingerprint density at radius 2 is 1.48 bits per heavy atom. The molecule has 2 aromatic rings. The molecule has 0 saturated carbocycles. The minimum atomic E-state index is -0.793. The number of hydrogen-bond acceptors (Lipinski definition) is 4. The van der Waals surface area contributed by atoms with E-state index in [0.29, 0.717) is 24.5 Å². The summed E-state index contributed by atoms with van der Waals surface area (Å²) in [5.74, 6) is 0.210. The number of ether oxygens (including phenoxy) is 2. The largest absolute Gasteiger partial charge is 0.497 e. The van der Waals surface area contributed by atoms with Gasteiger partial charge in [0.15, 0.2) is 0 Å². The van der Waals surface area contributed by atoms with Crippen molar-refractivity contribution in [3.05, 3.63) is 77.4 Å². The highest BCUT2D eigenvalue weighted by Crippen LogP contribution is 2.23. The van der Waals surface area contributed by atoms with Crippen LogP contribution in [0.4, 0.5) is 0 Å². The van der Waals surface area contributed by atoms with Crippen molar-refractivity contribution in [3.8, 4) is 5.75 Å². The molecule has 2 rings (SSSR count). The fourth-order valence-corrected chi connectivity index (χ4v) is 4.20. The van der Waals surface area contributed by atoms with Crippen molar-refractivity contribution in [2.24, 2.45) is 5.92 Å². The molecule has 1 N–H and O–H groups in total. The minimum absolute atomic E-state index is 0.278. The SMILES string of the molecule is CCCCC(CC)CC(=Cc1ccccc1)C(=O)O.CCCCCCCCOC(=O)C=Cc1ccc(OC)cc1. The van der Waals surface area contributed by atoms with Gasteiger partial charge in [-0.15, -0.1) is 0 Å². The van der Waals surface area contributed by atoms with Crippen LogP contribution in [0.5, 0.6) is 5.75 Å². The summed E-state index contributed by atoms with van der Waals surface area (Å²) in [4.78, 5) is 22.9. The van der Waals surface area contributed by atoms with E-state index in [9.17, 15) is 14.7 Å². The Labute approximate surface area is 242 Å². The number of hydrogen-bond donors (Lipinski definition) is 1. The number of benzene rings is 2. The standard InChI is InChI=1S/C18H26O3.C17H24O2/c1-3-4-5-6-7-8-15-21-18(19)14-11-16-9-12-17(20-2)13-10-16;1-3-5-9-14(4-2)12-16(17(18)19)13-15-10-7-6-8-11-15/h9-14H,3-8,15H2,1-2H3;6-8,10-11,13-14H,3-5,9,12H2,1-2H3,(H,18,19). The molecule has 1 atom stereocenters. The molecule has 0 aromatic heterocycles. The highest BCUT2D eigenvalue weighted by molar-refractivity contribution is 5.92. The van der Waals surface area contributed by atoms with Crippen molar-refractivity contribution >= 4 is 24.1 Å². The van der Waals surface area contributed by atoms with E-state index in [1.807, 2.05) is 54.6 Å². The Hall–Kier alpha value is -3.34. The lowest BCUT2D eigenvalue weighted by atomic mass is 9.91. The molecule has 1 unspecified atom stereocenters. The summed E-state index contributed by atoms with van der Waals surface area (Å²) in [6.07, 6.45) is 17.3. The average molecular weight is 551 g/mol. The van der Waals surface area contributed by atoms with Gasteiger partial charge in [0.2, 0.25) is 0 Å². The average Bonchev–Trinajstić information content (AvgIpc) is 2.98. The summed E-state index contributed by atoms with van der Waals surface area (Å²) in [5, 5.41) is 9.34. The summed E-state index contributed by atoms with van der Waals surface area (Å²) >= 11 is 0. The van der Waals surface area contributed by atoms with Gasteiger partial charge in [0, 0.05) is 11.6 Å². The van der Waals surface area contributed by atoms with Crippen molar-refractivity contribution in [2.45, 2.75) is 91.4 Å². The monoisotopic (exact) mass is 550 g/mol. The molecule has 2 aromatic carbocycles. The molecule has 0 fully saturated rings. The van der Waals surface area contributed by atoms with Gasteiger partial charge in [-0.1, -0.05) is 121 Å². The second-order valence-corrected chi connectivity index (χ2v) is 10.0. The molecule has 0 spiro atoms. The molecule has 0 heterocycles. The van der Waals surface area contributed by atoms with Crippen LogP contribution in [-0.2, 0) is 14.3 Å². The zero-order valence-corrected chi connectivity index (χ0v) is 25.1. The van der Waals surface area contributed by atoms with Crippen LogP contribution in [0.25, 0.3) is 12.2 Å². The highest BCUT2D eigenvalue weighted by atomic mass is 16.5. The Bertz CT molecular complexity index is 992. The van der Waals surface area contributed by atoms with Gasteiger partial charge in [0.05, 0.1) is 13.7 Å². The Balaban J connectivity index is 0.000000402. The van der Waals surface area contributed by atoms with E-state index in [2.05, 4.69) is 20.8 Å². The smallest absolute Gasteiger partial charge is 0.331 e. The number of unbranched alkanes of at least 4 members (excludes halogenated alkanes) is 6. The number of methoxy groups -OCH3 is 1. The van der Waals surface area contributed by atoms with Crippen LogP contribution < -0.4 is 4.74 Å². The van der Waals surface area contributed by atoms with Crippen molar-refractivity contribution < 1.29 is 24.2 Å². The van der Waals surface area contributed by atoms with Crippen LogP contribution in [0.15, 0.2) is 66.2 Å². The topological polar surface area (TPSA) is 72.8 Å². The summed E-state index contributed by atoms with van der Waals surface area (Å²) < 4.78 is 10.2. The third kappa shape index (κ3) is 16.6. The van der Waals surface area contributed by atoms with E-state index < -0.39 is 5.97 Å². The molecule has 0 bridgehead atoms. The summed E-state index contributed by atoms with van der Waals surface area (Å²) in [7, 11) is 1.63. The first-order valence-electron chi connectivity index (χ1n) is 14.9. The quantitative estimate of drug-likeness (QED) is 0.114. The first-order chi connectivity index (χ1) is 19.4. The number of carbonyl (C=O) groups excluding carboxylic acids is 1. The summed E-state index contributed by atoms with van der Waals surface area (Å²) in [5.41, 5.74) is 2.44. The normalized spacial score (nSPS) is 11.9. The first-order valence-corrected chi connectivity index (χ1v) is 14.9. The second kappa shape index (κ2) is 22.5. The predicted molar refractivity (Wildman–Crippen MR) is 166 cm³/mol. The van der Waals surface area contributed by atoms with Gasteiger partial charge in [-0.05, 0) is 54.2 Å². The molecule has 0 saturated heterocycles. The van der Waals surface area contributed by atoms with E-state index in [4.69, 9.17) is 9.47 Å². The third-order valence-electron chi connectivity index (χ3n) is 6.74. The maximum atomic E-state index is 11.5. The number of carbonyl (C=O) groups is 2. The van der Waals surface area contributed by atoms with Crippen LogP contribution >= 0.6 is 0 Å². The maximum absolute atomic E-state index is 11.5. The van der Waals surface area contributed by atoms with Crippen molar-refractivity contribution in [1.82, 2.24) is 0 Å². The van der Waals surface area contributed by atoms with Crippen LogP contribution in [0, 0.1) is 5.92 Å².